The molecule has 2 aromatic rings. The molecule has 1 aromatic carbocycles. The van der Waals surface area contributed by atoms with E-state index in [9.17, 15) is 8.78 Å². The minimum atomic E-state index is -2.81. The highest BCUT2D eigenvalue weighted by molar-refractivity contribution is 6.13. The van der Waals surface area contributed by atoms with Gasteiger partial charge in [-0.2, -0.15) is 5.10 Å². The topological polar surface area (TPSA) is 89.4 Å². The Morgan fingerprint density at radius 2 is 2.07 bits per heavy atom. The standard InChI is InChI=1S/C20H29F2N5O2/c1-6-20(21,22)12-26(3)18-10-17(27(4)25-18)19(24)15-9-14(7-8-16(15)23)29-13(2)11-28-5/h7-10,13,24H,6,11-12,23H2,1-5H3/t13-/m0/s1. The third-order valence-corrected chi connectivity index (χ3v) is 4.53. The molecule has 0 amide bonds. The first kappa shape index (κ1) is 22.6. The number of rotatable bonds is 10. The summed E-state index contributed by atoms with van der Waals surface area (Å²) in [6.07, 6.45) is -0.416. The zero-order valence-electron chi connectivity index (χ0n) is 17.5. The van der Waals surface area contributed by atoms with Crippen LogP contribution in [0.15, 0.2) is 24.3 Å². The zero-order valence-corrected chi connectivity index (χ0v) is 17.5. The molecule has 1 atom stereocenters. The minimum Gasteiger partial charge on any atom is -0.488 e. The van der Waals surface area contributed by atoms with E-state index < -0.39 is 12.5 Å². The minimum absolute atomic E-state index is 0.129. The van der Waals surface area contributed by atoms with Crippen LogP contribution in [0, 0.1) is 5.41 Å². The summed E-state index contributed by atoms with van der Waals surface area (Å²) in [6.45, 7) is 3.30. The quantitative estimate of drug-likeness (QED) is 0.464. The van der Waals surface area contributed by atoms with Crippen LogP contribution >= 0.6 is 0 Å². The van der Waals surface area contributed by atoms with Crippen molar-refractivity contribution in [2.75, 3.05) is 37.9 Å². The summed E-state index contributed by atoms with van der Waals surface area (Å²) in [5.41, 5.74) is 7.55. The van der Waals surface area contributed by atoms with Gasteiger partial charge in [-0.25, -0.2) is 8.78 Å². The number of nitrogen functional groups attached to an aromatic ring is 1. The van der Waals surface area contributed by atoms with Gasteiger partial charge in [-0.15, -0.1) is 0 Å². The van der Waals surface area contributed by atoms with Crippen molar-refractivity contribution in [1.82, 2.24) is 9.78 Å². The molecule has 0 saturated carbocycles. The maximum atomic E-state index is 13.7. The number of nitrogens with zero attached hydrogens (tertiary/aromatic N) is 3. The van der Waals surface area contributed by atoms with Gasteiger partial charge in [0.05, 0.1) is 24.6 Å². The molecule has 1 aromatic heterocycles. The average molecular weight is 409 g/mol. The second kappa shape index (κ2) is 9.21. The van der Waals surface area contributed by atoms with Gasteiger partial charge in [0.1, 0.15) is 11.9 Å². The number of aryl methyl sites for hydroxylation is 1. The SMILES string of the molecule is CCC(F)(F)CN(C)c1cc(C(=N)c2cc(O[C@@H](C)COC)ccc2N)n(C)n1. The van der Waals surface area contributed by atoms with Crippen LogP contribution in [0.25, 0.3) is 0 Å². The summed E-state index contributed by atoms with van der Waals surface area (Å²) in [4.78, 5) is 1.38. The van der Waals surface area contributed by atoms with Crippen LogP contribution in [0.3, 0.4) is 0 Å². The van der Waals surface area contributed by atoms with Gasteiger partial charge in [-0.3, -0.25) is 10.1 Å². The Hall–Kier alpha value is -2.68. The Balaban J connectivity index is 2.27. The lowest BCUT2D eigenvalue weighted by molar-refractivity contribution is 0.00606. The lowest BCUT2D eigenvalue weighted by Gasteiger charge is -2.22. The molecule has 0 unspecified atom stereocenters. The molecule has 160 valence electrons. The molecule has 0 radical (unpaired) electrons. The van der Waals surface area contributed by atoms with Crippen molar-refractivity contribution in [1.29, 1.82) is 5.41 Å². The molecule has 3 N–H and O–H groups in total. The highest BCUT2D eigenvalue weighted by Crippen LogP contribution is 2.26. The van der Waals surface area contributed by atoms with E-state index in [-0.39, 0.29) is 18.2 Å². The largest absolute Gasteiger partial charge is 0.488 e. The number of anilines is 2. The lowest BCUT2D eigenvalue weighted by Crippen LogP contribution is -2.34. The van der Waals surface area contributed by atoms with E-state index in [4.69, 9.17) is 20.6 Å². The first-order valence-electron chi connectivity index (χ1n) is 9.35. The van der Waals surface area contributed by atoms with Crippen LogP contribution in [0.2, 0.25) is 0 Å². The summed E-state index contributed by atoms with van der Waals surface area (Å²) in [6, 6.07) is 6.69. The Kier molecular flexibility index (Phi) is 7.18. The highest BCUT2D eigenvalue weighted by atomic mass is 19.3. The van der Waals surface area contributed by atoms with Crippen molar-refractivity contribution >= 4 is 17.2 Å². The highest BCUT2D eigenvalue weighted by Gasteiger charge is 2.29. The third-order valence-electron chi connectivity index (χ3n) is 4.53. The van der Waals surface area contributed by atoms with E-state index in [1.807, 2.05) is 6.92 Å². The molecule has 0 fully saturated rings. The molecule has 0 bridgehead atoms. The first-order chi connectivity index (χ1) is 13.6. The molecule has 7 nitrogen and oxygen atoms in total. The van der Waals surface area contributed by atoms with E-state index in [0.717, 1.165) is 0 Å². The first-order valence-corrected chi connectivity index (χ1v) is 9.35. The number of aromatic nitrogens is 2. The number of hydrogen-bond acceptors (Lipinski definition) is 6. The van der Waals surface area contributed by atoms with Crippen LogP contribution in [0.1, 0.15) is 31.5 Å². The van der Waals surface area contributed by atoms with Crippen molar-refractivity contribution in [2.45, 2.75) is 32.3 Å². The van der Waals surface area contributed by atoms with Gasteiger partial charge in [0.2, 0.25) is 0 Å². The van der Waals surface area contributed by atoms with Gasteiger partial charge >= 0.3 is 0 Å². The van der Waals surface area contributed by atoms with Gasteiger partial charge in [-0.1, -0.05) is 6.92 Å². The summed E-state index contributed by atoms with van der Waals surface area (Å²) in [5, 5.41) is 12.9. The molecule has 1 heterocycles. The number of nitrogens with two attached hydrogens (primary N) is 1. The van der Waals surface area contributed by atoms with Gasteiger partial charge in [0.25, 0.3) is 5.92 Å². The number of benzene rings is 1. The molecule has 29 heavy (non-hydrogen) atoms. The summed E-state index contributed by atoms with van der Waals surface area (Å²) < 4.78 is 39.8. The average Bonchev–Trinajstić information content (AvgIpc) is 3.04. The molecule has 0 aliphatic heterocycles. The number of alkyl halides is 2. The second-order valence-corrected chi connectivity index (χ2v) is 7.08. The fraction of sp³-hybridized carbons (Fsp3) is 0.500. The van der Waals surface area contributed by atoms with Crippen molar-refractivity contribution in [3.63, 3.8) is 0 Å². The molecule has 0 aliphatic carbocycles. The number of halogens is 2. The van der Waals surface area contributed by atoms with Crippen LogP contribution in [-0.4, -0.2) is 54.8 Å². The molecule has 0 aliphatic rings. The van der Waals surface area contributed by atoms with E-state index >= 15 is 0 Å². The summed E-state index contributed by atoms with van der Waals surface area (Å²) in [5.74, 6) is -1.89. The molecule has 0 spiro atoms. The van der Waals surface area contributed by atoms with Gasteiger partial charge in [0.15, 0.2) is 5.82 Å². The molecule has 9 heteroatoms. The Morgan fingerprint density at radius 3 is 2.69 bits per heavy atom. The van der Waals surface area contributed by atoms with Crippen molar-refractivity contribution in [3.05, 3.63) is 35.5 Å². The van der Waals surface area contributed by atoms with Crippen molar-refractivity contribution in [2.24, 2.45) is 7.05 Å². The van der Waals surface area contributed by atoms with E-state index in [2.05, 4.69) is 5.10 Å². The van der Waals surface area contributed by atoms with E-state index in [1.54, 1.807) is 45.5 Å². The van der Waals surface area contributed by atoms with Crippen LogP contribution in [0.4, 0.5) is 20.3 Å². The number of hydrogen-bond donors (Lipinski definition) is 2. The molecule has 0 saturated heterocycles. The molecule has 2 rings (SSSR count). The van der Waals surface area contributed by atoms with Gasteiger partial charge in [0, 0.05) is 44.9 Å². The van der Waals surface area contributed by atoms with Crippen LogP contribution < -0.4 is 15.4 Å². The maximum Gasteiger partial charge on any atom is 0.265 e. The molecular formula is C20H29F2N5O2. The van der Waals surface area contributed by atoms with Crippen molar-refractivity contribution in [3.8, 4) is 5.75 Å². The smallest absolute Gasteiger partial charge is 0.265 e. The fourth-order valence-electron chi connectivity index (χ4n) is 2.88. The van der Waals surface area contributed by atoms with Gasteiger partial charge < -0.3 is 20.1 Å². The predicted octanol–water partition coefficient (Wildman–Crippen LogP) is 3.31. The van der Waals surface area contributed by atoms with Crippen LogP contribution in [-0.2, 0) is 11.8 Å². The van der Waals surface area contributed by atoms with Crippen molar-refractivity contribution < 1.29 is 18.3 Å². The number of methoxy groups -OCH3 is 1. The molecular weight excluding hydrogens is 380 g/mol. The maximum absolute atomic E-state index is 13.7. The van der Waals surface area contributed by atoms with Gasteiger partial charge in [-0.05, 0) is 25.1 Å². The summed E-state index contributed by atoms with van der Waals surface area (Å²) in [7, 11) is 4.81. The van der Waals surface area contributed by atoms with E-state index in [0.29, 0.717) is 35.1 Å². The third kappa shape index (κ3) is 5.66. The predicted molar refractivity (Wildman–Crippen MR) is 110 cm³/mol. The Labute approximate surface area is 169 Å². The monoisotopic (exact) mass is 409 g/mol. The zero-order chi connectivity index (χ0) is 21.8. The Bertz CT molecular complexity index is 853. The summed E-state index contributed by atoms with van der Waals surface area (Å²) >= 11 is 0. The number of nitrogens with one attached hydrogen (secondary N) is 1. The normalized spacial score (nSPS) is 12.7. The van der Waals surface area contributed by atoms with E-state index in [1.165, 1.54) is 16.5 Å². The fourth-order valence-corrected chi connectivity index (χ4v) is 2.88. The number of ether oxygens (including phenoxy) is 2. The second-order valence-electron chi connectivity index (χ2n) is 7.08. The Morgan fingerprint density at radius 1 is 1.38 bits per heavy atom. The lowest BCUT2D eigenvalue weighted by atomic mass is 10.0. The van der Waals surface area contributed by atoms with Crippen LogP contribution in [0.5, 0.6) is 5.75 Å².